The fourth-order valence-electron chi connectivity index (χ4n) is 3.24. The maximum absolute atomic E-state index is 13.1. The molecule has 1 aliphatic carbocycles. The van der Waals surface area contributed by atoms with Crippen LogP contribution in [0.2, 0.25) is 0 Å². The van der Waals surface area contributed by atoms with Crippen LogP contribution in [0, 0.1) is 5.82 Å². The number of hydrogen-bond acceptors (Lipinski definition) is 2. The molecule has 156 valence electrons. The fourth-order valence-corrected chi connectivity index (χ4v) is 3.24. The molecule has 0 aliphatic heterocycles. The molecule has 0 bridgehead atoms. The number of hydrogen-bond donors (Lipinski definition) is 2. The summed E-state index contributed by atoms with van der Waals surface area (Å²) >= 11 is 0. The molecule has 0 heterocycles. The number of nitrogens with one attached hydrogen (secondary N) is 2. The summed E-state index contributed by atoms with van der Waals surface area (Å²) in [4.78, 5) is 18.1. The molecular formula is C22H28FIN4O. The average Bonchev–Trinajstić information content (AvgIpc) is 2.70. The minimum atomic E-state index is -0.262. The number of guanidine groups is 1. The molecule has 2 aromatic rings. The SMILES string of the molecule is CN(C)C(=O)CNC(=NCc1ccc(F)cc1)NC1CCc2ccccc2C1.I. The van der Waals surface area contributed by atoms with Crippen LogP contribution in [0.3, 0.4) is 0 Å². The number of fused-ring (bicyclic) bond motifs is 1. The summed E-state index contributed by atoms with van der Waals surface area (Å²) in [5.74, 6) is 0.316. The number of benzene rings is 2. The van der Waals surface area contributed by atoms with Crippen LogP contribution >= 0.6 is 24.0 Å². The highest BCUT2D eigenvalue weighted by Gasteiger charge is 2.19. The zero-order valence-corrected chi connectivity index (χ0v) is 19.2. The van der Waals surface area contributed by atoms with E-state index in [9.17, 15) is 9.18 Å². The zero-order valence-electron chi connectivity index (χ0n) is 16.8. The highest BCUT2D eigenvalue weighted by molar-refractivity contribution is 14.0. The van der Waals surface area contributed by atoms with E-state index in [2.05, 4.69) is 39.9 Å². The number of aliphatic imine (C=N–C) groups is 1. The van der Waals surface area contributed by atoms with E-state index in [1.807, 2.05) is 0 Å². The predicted molar refractivity (Wildman–Crippen MR) is 125 cm³/mol. The standard InChI is InChI=1S/C22H27FN4O.HI/c1-27(2)21(28)15-25-22(24-14-16-7-10-19(23)11-8-16)26-20-12-9-17-5-3-4-6-18(17)13-20;/h3-8,10-11,20H,9,12-15H2,1-2H3,(H2,24,25,26);1H. The van der Waals surface area contributed by atoms with Gasteiger partial charge >= 0.3 is 0 Å². The van der Waals surface area contributed by atoms with E-state index < -0.39 is 0 Å². The van der Waals surface area contributed by atoms with Gasteiger partial charge in [-0.15, -0.1) is 24.0 Å². The number of carbonyl (C=O) groups excluding carboxylic acids is 1. The van der Waals surface area contributed by atoms with Crippen LogP contribution in [0.25, 0.3) is 0 Å². The third-order valence-corrected chi connectivity index (χ3v) is 4.93. The fraction of sp³-hybridized carbons (Fsp3) is 0.364. The molecule has 0 radical (unpaired) electrons. The zero-order chi connectivity index (χ0) is 19.9. The molecule has 3 rings (SSSR count). The van der Waals surface area contributed by atoms with Crippen molar-refractivity contribution in [2.75, 3.05) is 20.6 Å². The van der Waals surface area contributed by atoms with Gasteiger partial charge in [-0.3, -0.25) is 4.79 Å². The Bertz CT molecular complexity index is 839. The van der Waals surface area contributed by atoms with Gasteiger partial charge in [-0.2, -0.15) is 0 Å². The van der Waals surface area contributed by atoms with Crippen LogP contribution in [0.5, 0.6) is 0 Å². The molecule has 0 saturated heterocycles. The first-order chi connectivity index (χ1) is 13.5. The van der Waals surface area contributed by atoms with Gasteiger partial charge in [0.25, 0.3) is 0 Å². The van der Waals surface area contributed by atoms with Crippen LogP contribution in [0.15, 0.2) is 53.5 Å². The quantitative estimate of drug-likeness (QED) is 0.370. The van der Waals surface area contributed by atoms with Crippen molar-refractivity contribution < 1.29 is 9.18 Å². The number of aryl methyl sites for hydroxylation is 1. The summed E-state index contributed by atoms with van der Waals surface area (Å²) < 4.78 is 13.1. The van der Waals surface area contributed by atoms with Crippen molar-refractivity contribution in [3.05, 3.63) is 71.0 Å². The molecule has 0 fully saturated rings. The maximum Gasteiger partial charge on any atom is 0.241 e. The molecule has 1 amide bonds. The second kappa shape index (κ2) is 11.1. The molecule has 1 atom stereocenters. The van der Waals surface area contributed by atoms with Gasteiger partial charge < -0.3 is 15.5 Å². The van der Waals surface area contributed by atoms with Crippen molar-refractivity contribution in [3.63, 3.8) is 0 Å². The Morgan fingerprint density at radius 2 is 1.83 bits per heavy atom. The van der Waals surface area contributed by atoms with Gasteiger partial charge in [0.1, 0.15) is 5.82 Å². The molecule has 5 nitrogen and oxygen atoms in total. The van der Waals surface area contributed by atoms with Gasteiger partial charge in [-0.25, -0.2) is 9.38 Å². The molecular weight excluding hydrogens is 482 g/mol. The molecule has 1 unspecified atom stereocenters. The van der Waals surface area contributed by atoms with E-state index in [-0.39, 0.29) is 48.3 Å². The van der Waals surface area contributed by atoms with Crippen molar-refractivity contribution in [2.45, 2.75) is 31.8 Å². The summed E-state index contributed by atoms with van der Waals surface area (Å²) in [5, 5.41) is 6.59. The first kappa shape index (κ1) is 23.1. The van der Waals surface area contributed by atoms with Crippen LogP contribution < -0.4 is 10.6 Å². The average molecular weight is 510 g/mol. The summed E-state index contributed by atoms with van der Waals surface area (Å²) in [7, 11) is 3.45. The van der Waals surface area contributed by atoms with Crippen molar-refractivity contribution in [1.82, 2.24) is 15.5 Å². The Labute approximate surface area is 188 Å². The van der Waals surface area contributed by atoms with E-state index in [0.29, 0.717) is 12.5 Å². The number of amides is 1. The Morgan fingerprint density at radius 1 is 1.14 bits per heavy atom. The second-order valence-corrected chi connectivity index (χ2v) is 7.29. The smallest absolute Gasteiger partial charge is 0.241 e. The van der Waals surface area contributed by atoms with E-state index in [4.69, 9.17) is 0 Å². The molecule has 2 N–H and O–H groups in total. The normalized spacial score (nSPS) is 15.7. The summed E-state index contributed by atoms with van der Waals surface area (Å²) in [6.45, 7) is 0.584. The molecule has 0 spiro atoms. The summed E-state index contributed by atoms with van der Waals surface area (Å²) in [5.41, 5.74) is 3.67. The van der Waals surface area contributed by atoms with E-state index in [1.165, 1.54) is 23.3 Å². The predicted octanol–water partition coefficient (Wildman–Crippen LogP) is 3.12. The topological polar surface area (TPSA) is 56.7 Å². The van der Waals surface area contributed by atoms with Crippen molar-refractivity contribution in [3.8, 4) is 0 Å². The monoisotopic (exact) mass is 510 g/mol. The highest BCUT2D eigenvalue weighted by Crippen LogP contribution is 2.21. The lowest BCUT2D eigenvalue weighted by atomic mass is 9.88. The van der Waals surface area contributed by atoms with Gasteiger partial charge in [-0.05, 0) is 48.1 Å². The van der Waals surface area contributed by atoms with E-state index in [1.54, 1.807) is 31.1 Å². The minimum Gasteiger partial charge on any atom is -0.353 e. The summed E-state index contributed by atoms with van der Waals surface area (Å²) in [6, 6.07) is 15.1. The van der Waals surface area contributed by atoms with Crippen molar-refractivity contribution in [1.29, 1.82) is 0 Å². The molecule has 2 aromatic carbocycles. The van der Waals surface area contributed by atoms with Crippen LogP contribution in [-0.4, -0.2) is 43.4 Å². The molecule has 7 heteroatoms. The first-order valence-corrected chi connectivity index (χ1v) is 9.57. The van der Waals surface area contributed by atoms with Gasteiger partial charge in [0.15, 0.2) is 5.96 Å². The van der Waals surface area contributed by atoms with Gasteiger partial charge in [0.05, 0.1) is 13.1 Å². The van der Waals surface area contributed by atoms with Crippen molar-refractivity contribution >= 4 is 35.8 Å². The second-order valence-electron chi connectivity index (χ2n) is 7.29. The number of nitrogens with zero attached hydrogens (tertiary/aromatic N) is 2. The number of likely N-dealkylation sites (N-methyl/N-ethyl adjacent to an activating group) is 1. The molecule has 1 aliphatic rings. The van der Waals surface area contributed by atoms with Gasteiger partial charge in [0, 0.05) is 20.1 Å². The first-order valence-electron chi connectivity index (χ1n) is 9.57. The summed E-state index contributed by atoms with van der Waals surface area (Å²) in [6.07, 6.45) is 2.96. The molecule has 29 heavy (non-hydrogen) atoms. The van der Waals surface area contributed by atoms with Crippen LogP contribution in [0.1, 0.15) is 23.1 Å². The number of halogens is 2. The lowest BCUT2D eigenvalue weighted by Crippen LogP contribution is -2.48. The third-order valence-electron chi connectivity index (χ3n) is 4.93. The lowest BCUT2D eigenvalue weighted by molar-refractivity contribution is -0.127. The Balaban J connectivity index is 0.00000300. The van der Waals surface area contributed by atoms with Crippen LogP contribution in [-0.2, 0) is 24.2 Å². The Morgan fingerprint density at radius 3 is 2.52 bits per heavy atom. The van der Waals surface area contributed by atoms with E-state index >= 15 is 0 Å². The molecule has 0 aromatic heterocycles. The lowest BCUT2D eigenvalue weighted by Gasteiger charge is -2.27. The van der Waals surface area contributed by atoms with E-state index in [0.717, 1.165) is 24.8 Å². The Kier molecular flexibility index (Phi) is 8.88. The highest BCUT2D eigenvalue weighted by atomic mass is 127. The maximum atomic E-state index is 13.1. The minimum absolute atomic E-state index is 0. The van der Waals surface area contributed by atoms with Crippen molar-refractivity contribution in [2.24, 2.45) is 4.99 Å². The Hall–Kier alpha value is -2.16. The van der Waals surface area contributed by atoms with Gasteiger partial charge in [0.2, 0.25) is 5.91 Å². The molecule has 0 saturated carbocycles. The number of rotatable bonds is 5. The largest absolute Gasteiger partial charge is 0.353 e. The van der Waals surface area contributed by atoms with Gasteiger partial charge in [-0.1, -0.05) is 36.4 Å². The number of carbonyl (C=O) groups is 1. The van der Waals surface area contributed by atoms with Crippen LogP contribution in [0.4, 0.5) is 4.39 Å². The third kappa shape index (κ3) is 6.99.